The predicted octanol–water partition coefficient (Wildman–Crippen LogP) is 2.29. The van der Waals surface area contributed by atoms with E-state index in [4.69, 9.17) is 9.47 Å². The monoisotopic (exact) mass is 332 g/mol. The van der Waals surface area contributed by atoms with Crippen molar-refractivity contribution in [1.29, 1.82) is 0 Å². The molecular weight excluding hydrogens is 308 g/mol. The van der Waals surface area contributed by atoms with E-state index in [9.17, 15) is 9.59 Å². The number of amides is 2. The maximum Gasteiger partial charge on any atom is 0.228 e. The van der Waals surface area contributed by atoms with Gasteiger partial charge in [0.05, 0.1) is 26.1 Å². The number of rotatable bonds is 5. The lowest BCUT2D eigenvalue weighted by atomic mass is 10.1. The summed E-state index contributed by atoms with van der Waals surface area (Å²) in [6.45, 7) is 1.67. The lowest BCUT2D eigenvalue weighted by Gasteiger charge is -2.26. The number of nitrogens with one attached hydrogen (secondary N) is 1. The molecule has 1 aliphatic heterocycles. The third-order valence-electron chi connectivity index (χ3n) is 4.76. The molecule has 130 valence electrons. The molecule has 0 radical (unpaired) electrons. The van der Waals surface area contributed by atoms with E-state index in [2.05, 4.69) is 5.32 Å². The maximum absolute atomic E-state index is 12.4. The summed E-state index contributed by atoms with van der Waals surface area (Å²) in [5.74, 6) is 0.850. The Balaban J connectivity index is 1.57. The molecule has 3 rings (SSSR count). The van der Waals surface area contributed by atoms with Crippen LogP contribution in [0.3, 0.4) is 0 Å². The van der Waals surface area contributed by atoms with E-state index in [1.165, 1.54) is 6.42 Å². The summed E-state index contributed by atoms with van der Waals surface area (Å²) in [6.07, 6.45) is 3.98. The number of benzene rings is 1. The highest BCUT2D eigenvalue weighted by molar-refractivity contribution is 5.99. The van der Waals surface area contributed by atoms with Crippen LogP contribution in [0.25, 0.3) is 0 Å². The Bertz CT molecular complexity index is 625. The Labute approximate surface area is 142 Å². The molecule has 1 aliphatic carbocycles. The van der Waals surface area contributed by atoms with E-state index in [1.54, 1.807) is 32.4 Å². The second-order valence-corrected chi connectivity index (χ2v) is 6.39. The van der Waals surface area contributed by atoms with Crippen molar-refractivity contribution in [3.05, 3.63) is 18.2 Å². The summed E-state index contributed by atoms with van der Waals surface area (Å²) < 4.78 is 10.4. The highest BCUT2D eigenvalue weighted by Crippen LogP contribution is 2.41. The molecule has 2 unspecified atom stereocenters. The minimum absolute atomic E-state index is 0.0995. The number of carbonyl (C=O) groups is 2. The van der Waals surface area contributed by atoms with Crippen molar-refractivity contribution in [2.45, 2.75) is 25.7 Å². The van der Waals surface area contributed by atoms with Crippen LogP contribution in [0.15, 0.2) is 18.2 Å². The Morgan fingerprint density at radius 1 is 1.04 bits per heavy atom. The van der Waals surface area contributed by atoms with Crippen molar-refractivity contribution in [2.75, 3.05) is 32.6 Å². The van der Waals surface area contributed by atoms with E-state index in [-0.39, 0.29) is 23.7 Å². The van der Waals surface area contributed by atoms with Gasteiger partial charge in [0, 0.05) is 24.8 Å². The molecule has 0 spiro atoms. The van der Waals surface area contributed by atoms with Gasteiger partial charge >= 0.3 is 0 Å². The molecule has 2 amide bonds. The molecule has 1 heterocycles. The minimum atomic E-state index is -0.215. The zero-order valence-electron chi connectivity index (χ0n) is 14.2. The van der Waals surface area contributed by atoms with Gasteiger partial charge < -0.3 is 19.7 Å². The number of nitrogens with zero attached hydrogens (tertiary/aromatic N) is 1. The van der Waals surface area contributed by atoms with E-state index < -0.39 is 0 Å². The van der Waals surface area contributed by atoms with Gasteiger partial charge in [0.25, 0.3) is 0 Å². The molecular formula is C18H24N2O4. The lowest BCUT2D eigenvalue weighted by molar-refractivity contribution is -0.134. The predicted molar refractivity (Wildman–Crippen MR) is 90.2 cm³/mol. The zero-order valence-corrected chi connectivity index (χ0v) is 14.2. The van der Waals surface area contributed by atoms with Crippen molar-refractivity contribution in [3.63, 3.8) is 0 Å². The molecule has 2 aliphatic rings. The first kappa shape index (κ1) is 16.6. The van der Waals surface area contributed by atoms with Crippen LogP contribution in [0.5, 0.6) is 11.5 Å². The second-order valence-electron chi connectivity index (χ2n) is 6.39. The van der Waals surface area contributed by atoms with E-state index in [1.807, 2.05) is 4.90 Å². The Morgan fingerprint density at radius 2 is 1.75 bits per heavy atom. The number of likely N-dealkylation sites (tertiary alicyclic amines) is 1. The molecule has 1 saturated heterocycles. The first-order valence-corrected chi connectivity index (χ1v) is 8.45. The fraction of sp³-hybridized carbons (Fsp3) is 0.556. The third kappa shape index (κ3) is 3.47. The number of hydrogen-bond donors (Lipinski definition) is 1. The summed E-state index contributed by atoms with van der Waals surface area (Å²) in [5.41, 5.74) is 0.647. The second kappa shape index (κ2) is 7.11. The van der Waals surface area contributed by atoms with Gasteiger partial charge in [-0.15, -0.1) is 0 Å². The molecule has 1 saturated carbocycles. The van der Waals surface area contributed by atoms with Gasteiger partial charge in [-0.3, -0.25) is 9.59 Å². The van der Waals surface area contributed by atoms with E-state index in [0.717, 1.165) is 25.9 Å². The van der Waals surface area contributed by atoms with Crippen molar-refractivity contribution in [3.8, 4) is 11.5 Å². The summed E-state index contributed by atoms with van der Waals surface area (Å²) in [7, 11) is 3.12. The molecule has 2 atom stereocenters. The smallest absolute Gasteiger partial charge is 0.228 e. The molecule has 24 heavy (non-hydrogen) atoms. The van der Waals surface area contributed by atoms with Gasteiger partial charge in [0.2, 0.25) is 11.8 Å². The fourth-order valence-electron chi connectivity index (χ4n) is 3.26. The van der Waals surface area contributed by atoms with Crippen LogP contribution in [-0.2, 0) is 9.59 Å². The number of anilines is 1. The molecule has 0 bridgehead atoms. The highest BCUT2D eigenvalue weighted by Gasteiger charge is 2.49. The maximum atomic E-state index is 12.4. The van der Waals surface area contributed by atoms with Gasteiger partial charge in [-0.05, 0) is 37.8 Å². The first-order chi connectivity index (χ1) is 11.6. The van der Waals surface area contributed by atoms with Crippen molar-refractivity contribution < 1.29 is 19.1 Å². The largest absolute Gasteiger partial charge is 0.493 e. The molecule has 0 aromatic heterocycles. The van der Waals surface area contributed by atoms with Gasteiger partial charge in [0.1, 0.15) is 0 Å². The highest BCUT2D eigenvalue weighted by atomic mass is 16.5. The normalized spacial score (nSPS) is 22.7. The van der Waals surface area contributed by atoms with Crippen molar-refractivity contribution in [1.82, 2.24) is 4.90 Å². The molecule has 1 N–H and O–H groups in total. The first-order valence-electron chi connectivity index (χ1n) is 8.45. The summed E-state index contributed by atoms with van der Waals surface area (Å²) in [6, 6.07) is 5.24. The molecule has 6 nitrogen and oxygen atoms in total. The van der Waals surface area contributed by atoms with E-state index in [0.29, 0.717) is 23.6 Å². The fourth-order valence-corrected chi connectivity index (χ4v) is 3.26. The lowest BCUT2D eigenvalue weighted by Crippen LogP contribution is -2.37. The van der Waals surface area contributed by atoms with Crippen LogP contribution < -0.4 is 14.8 Å². The SMILES string of the molecule is COc1ccc(NC(=O)C2CC2C(=O)N2CCCCC2)cc1OC. The Morgan fingerprint density at radius 3 is 2.42 bits per heavy atom. The molecule has 6 heteroatoms. The number of carbonyl (C=O) groups excluding carboxylic acids is 2. The topological polar surface area (TPSA) is 67.9 Å². The quantitative estimate of drug-likeness (QED) is 0.898. The molecule has 2 fully saturated rings. The van der Waals surface area contributed by atoms with Crippen LogP contribution >= 0.6 is 0 Å². The van der Waals surface area contributed by atoms with E-state index >= 15 is 0 Å². The summed E-state index contributed by atoms with van der Waals surface area (Å²) >= 11 is 0. The number of methoxy groups -OCH3 is 2. The van der Waals surface area contributed by atoms with Crippen molar-refractivity contribution in [2.24, 2.45) is 11.8 Å². The van der Waals surface area contributed by atoms with Crippen LogP contribution in [0.2, 0.25) is 0 Å². The molecule has 1 aromatic carbocycles. The van der Waals surface area contributed by atoms with Crippen LogP contribution in [-0.4, -0.2) is 44.0 Å². The van der Waals surface area contributed by atoms with Gasteiger partial charge in [-0.1, -0.05) is 0 Å². The van der Waals surface area contributed by atoms with Gasteiger partial charge in [0.15, 0.2) is 11.5 Å². The third-order valence-corrected chi connectivity index (χ3v) is 4.76. The standard InChI is InChI=1S/C18H24N2O4/c1-23-15-7-6-12(10-16(15)24-2)19-17(21)13-11-14(13)18(22)20-8-4-3-5-9-20/h6-7,10,13-14H,3-5,8-9,11H2,1-2H3,(H,19,21). The van der Waals surface area contributed by atoms with Crippen molar-refractivity contribution >= 4 is 17.5 Å². The average molecular weight is 332 g/mol. The minimum Gasteiger partial charge on any atom is -0.493 e. The molecule has 1 aromatic rings. The van der Waals surface area contributed by atoms with Crippen LogP contribution in [0.4, 0.5) is 5.69 Å². The van der Waals surface area contributed by atoms with Crippen LogP contribution in [0.1, 0.15) is 25.7 Å². The Kier molecular flexibility index (Phi) is 4.92. The summed E-state index contributed by atoms with van der Waals surface area (Å²) in [5, 5.41) is 2.87. The number of piperidine rings is 1. The number of hydrogen-bond acceptors (Lipinski definition) is 4. The van der Waals surface area contributed by atoms with Crippen LogP contribution in [0, 0.1) is 11.8 Å². The Hall–Kier alpha value is -2.24. The number of ether oxygens (including phenoxy) is 2. The zero-order chi connectivity index (χ0) is 17.1. The summed E-state index contributed by atoms with van der Waals surface area (Å²) in [4.78, 5) is 26.7. The average Bonchev–Trinajstić information content (AvgIpc) is 3.42. The van der Waals surface area contributed by atoms with Gasteiger partial charge in [-0.25, -0.2) is 0 Å². The van der Waals surface area contributed by atoms with Gasteiger partial charge in [-0.2, -0.15) is 0 Å².